The zero-order valence-corrected chi connectivity index (χ0v) is 16.0. The third-order valence-corrected chi connectivity index (χ3v) is 6.05. The largest absolute Gasteiger partial charge is 0.467 e. The van der Waals surface area contributed by atoms with E-state index in [1.54, 1.807) is 18.4 Å². The number of imidazole rings is 1. The summed E-state index contributed by atoms with van der Waals surface area (Å²) in [6.07, 6.45) is 2.67. The van der Waals surface area contributed by atoms with Crippen LogP contribution < -0.4 is 5.32 Å². The van der Waals surface area contributed by atoms with Crippen molar-refractivity contribution in [3.8, 4) is 0 Å². The molecule has 3 heterocycles. The third kappa shape index (κ3) is 2.53. The molecule has 1 aliphatic heterocycles. The molecule has 148 valence electrons. The van der Waals surface area contributed by atoms with Crippen molar-refractivity contribution in [2.75, 3.05) is 5.32 Å². The van der Waals surface area contributed by atoms with Gasteiger partial charge in [-0.2, -0.15) is 0 Å². The van der Waals surface area contributed by atoms with Crippen LogP contribution in [0.1, 0.15) is 36.1 Å². The van der Waals surface area contributed by atoms with E-state index in [9.17, 15) is 9.18 Å². The van der Waals surface area contributed by atoms with Crippen LogP contribution in [0.4, 0.5) is 10.3 Å². The van der Waals surface area contributed by atoms with Gasteiger partial charge in [-0.05, 0) is 54.3 Å². The van der Waals surface area contributed by atoms with Crippen LogP contribution in [0.25, 0.3) is 11.0 Å². The summed E-state index contributed by atoms with van der Waals surface area (Å²) < 4.78 is 21.2. The van der Waals surface area contributed by atoms with Crippen LogP contribution in [-0.4, -0.2) is 15.3 Å². The molecule has 0 spiro atoms. The highest BCUT2D eigenvalue weighted by Crippen LogP contribution is 2.45. The lowest BCUT2D eigenvalue weighted by molar-refractivity contribution is -0.116. The number of para-hydroxylation sites is 2. The molecule has 2 unspecified atom stereocenters. The summed E-state index contributed by atoms with van der Waals surface area (Å²) in [7, 11) is 0. The van der Waals surface area contributed by atoms with Gasteiger partial charge in [-0.1, -0.05) is 24.3 Å². The van der Waals surface area contributed by atoms with Gasteiger partial charge in [0.15, 0.2) is 5.78 Å². The van der Waals surface area contributed by atoms with E-state index in [-0.39, 0.29) is 23.6 Å². The van der Waals surface area contributed by atoms with Gasteiger partial charge in [0, 0.05) is 17.7 Å². The number of hydrogen-bond donors (Lipinski definition) is 1. The number of hydrogen-bond acceptors (Lipinski definition) is 4. The molecule has 30 heavy (non-hydrogen) atoms. The molecule has 2 aromatic carbocycles. The number of fused-ring (bicyclic) bond motifs is 3. The second-order valence-corrected chi connectivity index (χ2v) is 7.81. The third-order valence-electron chi connectivity index (χ3n) is 6.05. The number of benzene rings is 2. The van der Waals surface area contributed by atoms with Gasteiger partial charge in [0.05, 0.1) is 17.3 Å². The molecular weight excluding hydrogens is 381 g/mol. The van der Waals surface area contributed by atoms with Crippen LogP contribution in [0, 0.1) is 5.82 Å². The molecule has 4 aromatic rings. The first-order valence-corrected chi connectivity index (χ1v) is 9.98. The molecule has 0 bridgehead atoms. The molecule has 0 radical (unpaired) electrons. The molecule has 0 amide bonds. The predicted octanol–water partition coefficient (Wildman–Crippen LogP) is 5.18. The van der Waals surface area contributed by atoms with Crippen LogP contribution in [0.5, 0.6) is 0 Å². The number of allylic oxidation sites excluding steroid dienone is 2. The molecule has 0 saturated heterocycles. The summed E-state index contributed by atoms with van der Waals surface area (Å²) in [4.78, 5) is 18.2. The number of carbonyl (C=O) groups excluding carboxylic acids is 1. The number of Topliss-reactive ketones (excluding diaryl/α,β-unsaturated/α-hetero) is 1. The fourth-order valence-corrected chi connectivity index (χ4v) is 4.71. The highest BCUT2D eigenvalue weighted by molar-refractivity contribution is 6.00. The Bertz CT molecular complexity index is 1300. The summed E-state index contributed by atoms with van der Waals surface area (Å²) in [6.45, 7) is 0. The Morgan fingerprint density at radius 2 is 1.87 bits per heavy atom. The fourth-order valence-electron chi connectivity index (χ4n) is 4.71. The van der Waals surface area contributed by atoms with Crippen LogP contribution >= 0.6 is 0 Å². The second kappa shape index (κ2) is 6.42. The maximum Gasteiger partial charge on any atom is 0.209 e. The van der Waals surface area contributed by atoms with E-state index in [4.69, 9.17) is 9.40 Å². The molecule has 2 aromatic heterocycles. The quantitative estimate of drug-likeness (QED) is 0.504. The Morgan fingerprint density at radius 3 is 2.67 bits per heavy atom. The monoisotopic (exact) mass is 399 g/mol. The molecule has 2 aliphatic rings. The van der Waals surface area contributed by atoms with Crippen molar-refractivity contribution < 1.29 is 13.6 Å². The summed E-state index contributed by atoms with van der Waals surface area (Å²) in [5.74, 6) is 1.20. The van der Waals surface area contributed by atoms with Crippen molar-refractivity contribution >= 4 is 22.8 Å². The highest BCUT2D eigenvalue weighted by atomic mass is 19.1. The number of carbonyl (C=O) groups is 1. The van der Waals surface area contributed by atoms with E-state index >= 15 is 0 Å². The predicted molar refractivity (Wildman–Crippen MR) is 111 cm³/mol. The number of anilines is 1. The lowest BCUT2D eigenvalue weighted by Gasteiger charge is -2.35. The number of aromatic nitrogens is 2. The average molecular weight is 399 g/mol. The molecule has 6 rings (SSSR count). The van der Waals surface area contributed by atoms with Crippen LogP contribution in [-0.2, 0) is 4.79 Å². The second-order valence-electron chi connectivity index (χ2n) is 7.81. The van der Waals surface area contributed by atoms with Gasteiger partial charge < -0.3 is 9.73 Å². The van der Waals surface area contributed by atoms with Gasteiger partial charge in [0.1, 0.15) is 17.6 Å². The van der Waals surface area contributed by atoms with E-state index in [2.05, 4.69) is 5.32 Å². The van der Waals surface area contributed by atoms with E-state index in [0.717, 1.165) is 27.9 Å². The van der Waals surface area contributed by atoms with E-state index < -0.39 is 0 Å². The summed E-state index contributed by atoms with van der Waals surface area (Å²) in [5.41, 5.74) is 4.36. The van der Waals surface area contributed by atoms with Crippen LogP contribution in [0.15, 0.2) is 82.6 Å². The number of rotatable bonds is 2. The standard InChI is InChI=1S/C24H18FN3O2/c25-16-9-7-14(8-10-16)15-12-18-22(20(29)13-15)23(21-6-3-11-30-21)28-19-5-2-1-4-17(19)26-24(28)27-18/h1-11,15,23H,12-13H2,(H,26,27). The average Bonchev–Trinajstić information content (AvgIpc) is 3.40. The number of nitrogens with one attached hydrogen (secondary N) is 1. The van der Waals surface area contributed by atoms with Crippen LogP contribution in [0.2, 0.25) is 0 Å². The molecule has 0 fully saturated rings. The Balaban J connectivity index is 1.50. The van der Waals surface area contributed by atoms with Crippen molar-refractivity contribution in [1.82, 2.24) is 9.55 Å². The zero-order chi connectivity index (χ0) is 20.2. The molecule has 1 N–H and O–H groups in total. The zero-order valence-electron chi connectivity index (χ0n) is 16.0. The molecule has 5 nitrogen and oxygen atoms in total. The number of nitrogens with zero attached hydrogens (tertiary/aromatic N) is 2. The smallest absolute Gasteiger partial charge is 0.209 e. The first-order valence-electron chi connectivity index (χ1n) is 9.98. The van der Waals surface area contributed by atoms with Gasteiger partial charge in [-0.25, -0.2) is 9.37 Å². The van der Waals surface area contributed by atoms with E-state index in [1.165, 1.54) is 12.1 Å². The molecule has 6 heteroatoms. The summed E-state index contributed by atoms with van der Waals surface area (Å²) >= 11 is 0. The lowest BCUT2D eigenvalue weighted by Crippen LogP contribution is -2.32. The van der Waals surface area contributed by atoms with Gasteiger partial charge in [0.2, 0.25) is 5.95 Å². The van der Waals surface area contributed by atoms with Gasteiger partial charge in [-0.3, -0.25) is 9.36 Å². The van der Waals surface area contributed by atoms with Crippen molar-refractivity contribution in [2.45, 2.75) is 24.8 Å². The Kier molecular flexibility index (Phi) is 3.68. The minimum absolute atomic E-state index is 0.00229. The molecule has 1 aliphatic carbocycles. The Labute approximate surface area is 171 Å². The fraction of sp³-hybridized carbons (Fsp3) is 0.167. The van der Waals surface area contributed by atoms with Crippen molar-refractivity contribution in [3.05, 3.63) is 95.3 Å². The topological polar surface area (TPSA) is 60.1 Å². The minimum Gasteiger partial charge on any atom is -0.467 e. The number of ketones is 1. The Hall–Kier alpha value is -3.67. The minimum atomic E-state index is -0.361. The lowest BCUT2D eigenvalue weighted by atomic mass is 9.78. The summed E-state index contributed by atoms with van der Waals surface area (Å²) in [5, 5.41) is 3.42. The molecule has 0 saturated carbocycles. The first-order chi connectivity index (χ1) is 14.7. The maximum absolute atomic E-state index is 13.4. The molecular formula is C24H18FN3O2. The highest BCUT2D eigenvalue weighted by Gasteiger charge is 2.40. The van der Waals surface area contributed by atoms with Gasteiger partial charge in [-0.15, -0.1) is 0 Å². The first kappa shape index (κ1) is 17.2. The van der Waals surface area contributed by atoms with Crippen LogP contribution in [0.3, 0.4) is 0 Å². The van der Waals surface area contributed by atoms with Crippen molar-refractivity contribution in [2.24, 2.45) is 0 Å². The van der Waals surface area contributed by atoms with Crippen molar-refractivity contribution in [3.63, 3.8) is 0 Å². The van der Waals surface area contributed by atoms with E-state index in [0.29, 0.717) is 24.6 Å². The summed E-state index contributed by atoms with van der Waals surface area (Å²) in [6, 6.07) is 17.7. The number of halogens is 1. The SMILES string of the molecule is O=C1CC(c2ccc(F)cc2)CC2=C1C(c1ccco1)n1c(nc3ccccc31)N2. The maximum atomic E-state index is 13.4. The van der Waals surface area contributed by atoms with Crippen molar-refractivity contribution in [1.29, 1.82) is 0 Å². The van der Waals surface area contributed by atoms with E-state index in [1.807, 2.05) is 41.0 Å². The van der Waals surface area contributed by atoms with Gasteiger partial charge >= 0.3 is 0 Å². The van der Waals surface area contributed by atoms with Gasteiger partial charge in [0.25, 0.3) is 0 Å². The molecule has 2 atom stereocenters. The normalized spacial score (nSPS) is 20.8. The number of furan rings is 1. The Morgan fingerprint density at radius 1 is 1.03 bits per heavy atom.